The standard InChI is InChI=1S/C11H9F6NO.ClH/c1-5(9(18)19)6-2-7(10(12,13)14)4-8(3-6)11(15,16)17;/h2-5H,1H3,(H2,18,19);1H/t5-;/m1./s1. The lowest BCUT2D eigenvalue weighted by molar-refractivity contribution is -0.143. The molecule has 0 aliphatic heterocycles. The van der Waals surface area contributed by atoms with Gasteiger partial charge in [-0.3, -0.25) is 4.79 Å². The number of carbonyl (C=O) groups excluding carboxylic acids is 1. The maximum atomic E-state index is 12.5. The van der Waals surface area contributed by atoms with Crippen LogP contribution in [0.15, 0.2) is 18.2 Å². The number of alkyl halides is 6. The van der Waals surface area contributed by atoms with E-state index in [9.17, 15) is 31.1 Å². The van der Waals surface area contributed by atoms with E-state index in [4.69, 9.17) is 5.73 Å². The van der Waals surface area contributed by atoms with E-state index in [-0.39, 0.29) is 18.5 Å². The predicted octanol–water partition coefficient (Wildman–Crippen LogP) is 3.73. The van der Waals surface area contributed by atoms with Crippen LogP contribution in [0.4, 0.5) is 26.3 Å². The van der Waals surface area contributed by atoms with Gasteiger partial charge >= 0.3 is 12.4 Å². The fourth-order valence-electron chi connectivity index (χ4n) is 1.39. The summed E-state index contributed by atoms with van der Waals surface area (Å²) in [6.45, 7) is 1.14. The summed E-state index contributed by atoms with van der Waals surface area (Å²) in [4.78, 5) is 10.9. The molecule has 1 aromatic rings. The molecule has 0 bridgehead atoms. The predicted molar refractivity (Wildman–Crippen MR) is 61.3 cm³/mol. The maximum absolute atomic E-state index is 12.5. The van der Waals surface area contributed by atoms with Crippen LogP contribution in [0.3, 0.4) is 0 Å². The van der Waals surface area contributed by atoms with Crippen molar-refractivity contribution in [2.75, 3.05) is 0 Å². The molecule has 0 aliphatic rings. The van der Waals surface area contributed by atoms with Crippen molar-refractivity contribution in [3.63, 3.8) is 0 Å². The number of primary amides is 1. The lowest BCUT2D eigenvalue weighted by atomic mass is 9.95. The number of hydrogen-bond acceptors (Lipinski definition) is 1. The minimum atomic E-state index is -4.94. The summed E-state index contributed by atoms with van der Waals surface area (Å²) in [5.74, 6) is -2.25. The SMILES string of the molecule is C[C@@H](C(N)=O)c1cc(C(F)(F)F)cc(C(F)(F)F)c1.Cl. The Labute approximate surface area is 116 Å². The van der Waals surface area contributed by atoms with E-state index < -0.39 is 40.9 Å². The van der Waals surface area contributed by atoms with Crippen LogP contribution in [-0.4, -0.2) is 5.91 Å². The van der Waals surface area contributed by atoms with E-state index in [1.165, 1.54) is 0 Å². The first kappa shape index (κ1) is 18.6. The lowest BCUT2D eigenvalue weighted by Gasteiger charge is -2.16. The third-order valence-electron chi connectivity index (χ3n) is 2.54. The molecule has 114 valence electrons. The Morgan fingerprint density at radius 3 is 1.60 bits per heavy atom. The largest absolute Gasteiger partial charge is 0.416 e. The smallest absolute Gasteiger partial charge is 0.369 e. The third-order valence-corrected chi connectivity index (χ3v) is 2.54. The van der Waals surface area contributed by atoms with Gasteiger partial charge < -0.3 is 5.73 Å². The van der Waals surface area contributed by atoms with Gasteiger partial charge in [0.2, 0.25) is 5.91 Å². The van der Waals surface area contributed by atoms with Crippen molar-refractivity contribution in [3.8, 4) is 0 Å². The van der Waals surface area contributed by atoms with Crippen LogP contribution in [-0.2, 0) is 17.1 Å². The Hall–Kier alpha value is -1.44. The number of nitrogens with two attached hydrogens (primary N) is 1. The van der Waals surface area contributed by atoms with E-state index in [1.54, 1.807) is 0 Å². The molecule has 0 heterocycles. The highest BCUT2D eigenvalue weighted by atomic mass is 35.5. The number of rotatable bonds is 2. The molecular weight excluding hydrogens is 312 g/mol. The number of benzene rings is 1. The molecule has 0 radical (unpaired) electrons. The molecule has 0 aliphatic carbocycles. The van der Waals surface area contributed by atoms with Crippen LogP contribution in [0.2, 0.25) is 0 Å². The zero-order valence-corrected chi connectivity index (χ0v) is 10.8. The van der Waals surface area contributed by atoms with Crippen molar-refractivity contribution < 1.29 is 31.1 Å². The van der Waals surface area contributed by atoms with Crippen LogP contribution < -0.4 is 5.73 Å². The summed E-state index contributed by atoms with van der Waals surface area (Å²) in [7, 11) is 0. The number of amides is 1. The fraction of sp³-hybridized carbons (Fsp3) is 0.364. The highest BCUT2D eigenvalue weighted by molar-refractivity contribution is 5.85. The highest BCUT2D eigenvalue weighted by Crippen LogP contribution is 2.37. The van der Waals surface area contributed by atoms with E-state index in [2.05, 4.69) is 0 Å². The van der Waals surface area contributed by atoms with Gasteiger partial charge in [-0.05, 0) is 30.7 Å². The molecule has 1 amide bonds. The molecule has 1 aromatic carbocycles. The second-order valence-corrected chi connectivity index (χ2v) is 3.96. The number of carbonyl (C=O) groups is 1. The van der Waals surface area contributed by atoms with Crippen molar-refractivity contribution >= 4 is 18.3 Å². The quantitative estimate of drug-likeness (QED) is 0.829. The third kappa shape index (κ3) is 4.29. The maximum Gasteiger partial charge on any atom is 0.416 e. The number of halogens is 7. The number of hydrogen-bond donors (Lipinski definition) is 1. The van der Waals surface area contributed by atoms with Crippen LogP contribution >= 0.6 is 12.4 Å². The molecule has 0 saturated carbocycles. The first-order chi connectivity index (χ1) is 8.43. The van der Waals surface area contributed by atoms with E-state index >= 15 is 0 Å². The zero-order chi connectivity index (χ0) is 15.0. The summed E-state index contributed by atoms with van der Waals surface area (Å²) < 4.78 is 75.1. The molecule has 0 aromatic heterocycles. The van der Waals surface area contributed by atoms with Gasteiger partial charge in [0.25, 0.3) is 0 Å². The van der Waals surface area contributed by atoms with Gasteiger partial charge in [-0.2, -0.15) is 26.3 Å². The van der Waals surface area contributed by atoms with Crippen LogP contribution in [0.25, 0.3) is 0 Å². The van der Waals surface area contributed by atoms with Crippen molar-refractivity contribution in [1.82, 2.24) is 0 Å². The first-order valence-electron chi connectivity index (χ1n) is 5.01. The Morgan fingerprint density at radius 2 is 1.35 bits per heavy atom. The molecule has 0 saturated heterocycles. The normalized spacial score (nSPS) is 13.6. The summed E-state index contributed by atoms with van der Waals surface area (Å²) in [6, 6.07) is 0.979. The lowest BCUT2D eigenvalue weighted by Crippen LogP contribution is -2.20. The second kappa shape index (κ2) is 5.90. The molecule has 20 heavy (non-hydrogen) atoms. The first-order valence-corrected chi connectivity index (χ1v) is 5.01. The van der Waals surface area contributed by atoms with Crippen LogP contribution in [0.1, 0.15) is 29.5 Å². The Bertz CT molecular complexity index is 464. The van der Waals surface area contributed by atoms with Gasteiger partial charge in [0.05, 0.1) is 17.0 Å². The summed E-state index contributed by atoms with van der Waals surface area (Å²) in [5, 5.41) is 0. The molecule has 0 unspecified atom stereocenters. The molecule has 9 heteroatoms. The van der Waals surface area contributed by atoms with Gasteiger partial charge in [0, 0.05) is 0 Å². The molecule has 2 N–H and O–H groups in total. The van der Waals surface area contributed by atoms with Gasteiger partial charge in [0.1, 0.15) is 0 Å². The minimum Gasteiger partial charge on any atom is -0.369 e. The summed E-state index contributed by atoms with van der Waals surface area (Å²) >= 11 is 0. The Balaban J connectivity index is 0.00000361. The van der Waals surface area contributed by atoms with Crippen LogP contribution in [0, 0.1) is 0 Å². The highest BCUT2D eigenvalue weighted by Gasteiger charge is 2.37. The summed E-state index contributed by atoms with van der Waals surface area (Å²) in [6.07, 6.45) is -9.87. The fourth-order valence-corrected chi connectivity index (χ4v) is 1.39. The van der Waals surface area contributed by atoms with E-state index in [1.807, 2.05) is 0 Å². The molecule has 0 fully saturated rings. The molecule has 1 rings (SSSR count). The van der Waals surface area contributed by atoms with E-state index in [0.717, 1.165) is 6.92 Å². The Morgan fingerprint density at radius 1 is 1.00 bits per heavy atom. The topological polar surface area (TPSA) is 43.1 Å². The van der Waals surface area contributed by atoms with Crippen molar-refractivity contribution in [2.45, 2.75) is 25.2 Å². The molecular formula is C11H10ClF6NO. The monoisotopic (exact) mass is 321 g/mol. The van der Waals surface area contributed by atoms with Crippen LogP contribution in [0.5, 0.6) is 0 Å². The zero-order valence-electron chi connectivity index (χ0n) is 9.97. The Kier molecular flexibility index (Phi) is 5.48. The summed E-state index contributed by atoms with van der Waals surface area (Å²) in [5.41, 5.74) is 1.53. The average Bonchev–Trinajstić information content (AvgIpc) is 2.24. The van der Waals surface area contributed by atoms with Crippen molar-refractivity contribution in [1.29, 1.82) is 0 Å². The second-order valence-electron chi connectivity index (χ2n) is 3.96. The van der Waals surface area contributed by atoms with Gasteiger partial charge in [0.15, 0.2) is 0 Å². The average molecular weight is 322 g/mol. The minimum absolute atomic E-state index is 0. The van der Waals surface area contributed by atoms with Gasteiger partial charge in [-0.25, -0.2) is 0 Å². The molecule has 1 atom stereocenters. The molecule has 2 nitrogen and oxygen atoms in total. The molecule has 0 spiro atoms. The van der Waals surface area contributed by atoms with Crippen molar-refractivity contribution in [2.24, 2.45) is 5.73 Å². The van der Waals surface area contributed by atoms with Crippen molar-refractivity contribution in [3.05, 3.63) is 34.9 Å². The van der Waals surface area contributed by atoms with Gasteiger partial charge in [-0.15, -0.1) is 12.4 Å². The van der Waals surface area contributed by atoms with E-state index in [0.29, 0.717) is 12.1 Å². The van der Waals surface area contributed by atoms with Gasteiger partial charge in [-0.1, -0.05) is 0 Å².